The number of hydrogen-bond donors (Lipinski definition) is 2. The van der Waals surface area contributed by atoms with Crippen LogP contribution in [-0.4, -0.2) is 9.97 Å². The second-order valence-corrected chi connectivity index (χ2v) is 3.19. The van der Waals surface area contributed by atoms with Crippen LogP contribution in [0, 0.1) is 17.1 Å². The van der Waals surface area contributed by atoms with E-state index in [2.05, 4.69) is 15.4 Å². The first-order valence-corrected chi connectivity index (χ1v) is 4.90. The number of nitrogens with two attached hydrogens (primary N) is 1. The zero-order chi connectivity index (χ0) is 13.0. The fourth-order valence-electron chi connectivity index (χ4n) is 1.28. The number of nitriles is 1. The summed E-state index contributed by atoms with van der Waals surface area (Å²) < 4.78 is 18.6. The third-order valence-corrected chi connectivity index (χ3v) is 2.06. The van der Waals surface area contributed by atoms with Crippen molar-refractivity contribution in [3.8, 4) is 17.7 Å². The number of halogens is 1. The lowest BCUT2D eigenvalue weighted by molar-refractivity contribution is 0.455. The van der Waals surface area contributed by atoms with Crippen LogP contribution in [-0.2, 0) is 0 Å². The molecule has 6 nitrogen and oxygen atoms in total. The van der Waals surface area contributed by atoms with Gasteiger partial charge in [-0.15, -0.1) is 0 Å². The first-order chi connectivity index (χ1) is 8.74. The Labute approximate surface area is 102 Å². The highest BCUT2D eigenvalue weighted by Crippen LogP contribution is 2.25. The maximum absolute atomic E-state index is 13.3. The molecule has 0 fully saturated rings. The van der Waals surface area contributed by atoms with Gasteiger partial charge in [-0.2, -0.15) is 10.2 Å². The zero-order valence-corrected chi connectivity index (χ0v) is 9.09. The molecule has 0 bridgehead atoms. The Bertz CT molecular complexity index is 611. The van der Waals surface area contributed by atoms with Crippen molar-refractivity contribution in [1.29, 1.82) is 5.26 Å². The van der Waals surface area contributed by atoms with Crippen molar-refractivity contribution in [3.05, 3.63) is 41.8 Å². The normalized spacial score (nSPS) is 9.61. The molecule has 0 atom stereocenters. The molecule has 0 spiro atoms. The minimum Gasteiger partial charge on any atom is -0.437 e. The number of rotatable bonds is 3. The van der Waals surface area contributed by atoms with Gasteiger partial charge < -0.3 is 4.74 Å². The highest BCUT2D eigenvalue weighted by molar-refractivity contribution is 5.45. The van der Waals surface area contributed by atoms with E-state index in [1.165, 1.54) is 30.5 Å². The molecule has 18 heavy (non-hydrogen) atoms. The summed E-state index contributed by atoms with van der Waals surface area (Å²) in [5.74, 6) is 4.89. The van der Waals surface area contributed by atoms with Crippen LogP contribution < -0.4 is 16.0 Å². The van der Waals surface area contributed by atoms with Crippen molar-refractivity contribution >= 4 is 5.95 Å². The molecule has 0 unspecified atom stereocenters. The average Bonchev–Trinajstić information content (AvgIpc) is 2.39. The summed E-state index contributed by atoms with van der Waals surface area (Å²) >= 11 is 0. The number of ether oxygens (including phenoxy) is 1. The van der Waals surface area contributed by atoms with E-state index in [0.29, 0.717) is 0 Å². The minimum atomic E-state index is -0.652. The van der Waals surface area contributed by atoms with Gasteiger partial charge in [0.15, 0.2) is 0 Å². The first-order valence-electron chi connectivity index (χ1n) is 4.90. The summed E-state index contributed by atoms with van der Waals surface area (Å²) in [4.78, 5) is 7.68. The van der Waals surface area contributed by atoms with Gasteiger partial charge in [0, 0.05) is 12.3 Å². The molecule has 0 amide bonds. The Morgan fingerprint density at radius 3 is 2.94 bits per heavy atom. The largest absolute Gasteiger partial charge is 0.437 e. The van der Waals surface area contributed by atoms with Crippen molar-refractivity contribution in [3.63, 3.8) is 0 Å². The van der Waals surface area contributed by atoms with Gasteiger partial charge >= 0.3 is 0 Å². The fourth-order valence-corrected chi connectivity index (χ4v) is 1.28. The van der Waals surface area contributed by atoms with Crippen molar-refractivity contribution in [1.82, 2.24) is 9.97 Å². The highest BCUT2D eigenvalue weighted by atomic mass is 19.1. The van der Waals surface area contributed by atoms with E-state index in [1.54, 1.807) is 6.07 Å². The molecule has 3 N–H and O–H groups in total. The van der Waals surface area contributed by atoms with Gasteiger partial charge in [-0.25, -0.2) is 15.2 Å². The first kappa shape index (κ1) is 11.8. The van der Waals surface area contributed by atoms with Crippen molar-refractivity contribution < 1.29 is 9.13 Å². The second kappa shape index (κ2) is 5.07. The standard InChI is InChI=1S/C11H8FN5O/c12-8-2-1-3-9(7(8)6-13)18-10-4-5-15-11(16-10)17-14/h1-5H,14H2,(H,15,16,17). The summed E-state index contributed by atoms with van der Waals surface area (Å²) in [6.07, 6.45) is 1.42. The highest BCUT2D eigenvalue weighted by Gasteiger charge is 2.10. The van der Waals surface area contributed by atoms with E-state index in [9.17, 15) is 4.39 Å². The van der Waals surface area contributed by atoms with Crippen LogP contribution in [0.2, 0.25) is 0 Å². The summed E-state index contributed by atoms with van der Waals surface area (Å²) in [5, 5.41) is 8.84. The van der Waals surface area contributed by atoms with E-state index in [1.807, 2.05) is 0 Å². The molecule has 7 heteroatoms. The van der Waals surface area contributed by atoms with Crippen LogP contribution >= 0.6 is 0 Å². The number of hydrazine groups is 1. The third-order valence-electron chi connectivity index (χ3n) is 2.06. The summed E-state index contributed by atoms with van der Waals surface area (Å²) in [6.45, 7) is 0. The molecule has 0 aliphatic rings. The summed E-state index contributed by atoms with van der Waals surface area (Å²) in [7, 11) is 0. The number of hydrogen-bond acceptors (Lipinski definition) is 6. The molecule has 0 radical (unpaired) electrons. The van der Waals surface area contributed by atoms with Crippen LogP contribution in [0.1, 0.15) is 5.56 Å². The quantitative estimate of drug-likeness (QED) is 0.629. The van der Waals surface area contributed by atoms with Crippen molar-refractivity contribution in [2.45, 2.75) is 0 Å². The fraction of sp³-hybridized carbons (Fsp3) is 0. The predicted octanol–water partition coefficient (Wildman–Crippen LogP) is 1.57. The molecule has 0 aliphatic heterocycles. The lowest BCUT2D eigenvalue weighted by Crippen LogP contribution is -2.10. The Kier molecular flexibility index (Phi) is 3.31. The van der Waals surface area contributed by atoms with E-state index < -0.39 is 5.82 Å². The minimum absolute atomic E-state index is 0.0826. The number of nitrogens with zero attached hydrogens (tertiary/aromatic N) is 3. The van der Waals surface area contributed by atoms with E-state index in [-0.39, 0.29) is 23.1 Å². The van der Waals surface area contributed by atoms with E-state index in [4.69, 9.17) is 15.8 Å². The molecule has 0 saturated carbocycles. The van der Waals surface area contributed by atoms with Crippen LogP contribution in [0.25, 0.3) is 0 Å². The maximum Gasteiger partial charge on any atom is 0.240 e. The molecule has 1 aromatic carbocycles. The number of nitrogen functional groups attached to an aromatic ring is 1. The van der Waals surface area contributed by atoms with E-state index >= 15 is 0 Å². The smallest absolute Gasteiger partial charge is 0.240 e. The number of aromatic nitrogens is 2. The lowest BCUT2D eigenvalue weighted by Gasteiger charge is -2.07. The Balaban J connectivity index is 2.34. The van der Waals surface area contributed by atoms with Crippen LogP contribution in [0.4, 0.5) is 10.3 Å². The summed E-state index contributed by atoms with van der Waals surface area (Å²) in [6, 6.07) is 7.28. The average molecular weight is 245 g/mol. The van der Waals surface area contributed by atoms with Crippen LogP contribution in [0.5, 0.6) is 11.6 Å². The third kappa shape index (κ3) is 2.34. The number of nitrogens with one attached hydrogen (secondary N) is 1. The van der Waals surface area contributed by atoms with Crippen LogP contribution in [0.3, 0.4) is 0 Å². The van der Waals surface area contributed by atoms with Gasteiger partial charge in [0.2, 0.25) is 11.8 Å². The monoisotopic (exact) mass is 245 g/mol. The molecule has 0 aliphatic carbocycles. The number of anilines is 1. The van der Waals surface area contributed by atoms with Gasteiger partial charge in [0.1, 0.15) is 23.2 Å². The topological polar surface area (TPSA) is 96.8 Å². The number of benzene rings is 1. The van der Waals surface area contributed by atoms with Crippen LogP contribution in [0.15, 0.2) is 30.5 Å². The maximum atomic E-state index is 13.3. The molecule has 0 saturated heterocycles. The van der Waals surface area contributed by atoms with Crippen molar-refractivity contribution in [2.24, 2.45) is 5.84 Å². The van der Waals surface area contributed by atoms with E-state index in [0.717, 1.165) is 0 Å². The van der Waals surface area contributed by atoms with Gasteiger partial charge in [0.25, 0.3) is 0 Å². The molecule has 1 heterocycles. The molecule has 1 aromatic heterocycles. The van der Waals surface area contributed by atoms with Gasteiger partial charge in [-0.05, 0) is 12.1 Å². The zero-order valence-electron chi connectivity index (χ0n) is 9.09. The Morgan fingerprint density at radius 2 is 2.22 bits per heavy atom. The Hall–Kier alpha value is -2.72. The molecular weight excluding hydrogens is 237 g/mol. The molecular formula is C11H8FN5O. The molecule has 2 aromatic rings. The summed E-state index contributed by atoms with van der Waals surface area (Å²) in [5.41, 5.74) is 2.07. The Morgan fingerprint density at radius 1 is 1.39 bits per heavy atom. The van der Waals surface area contributed by atoms with Crippen molar-refractivity contribution in [2.75, 3.05) is 5.43 Å². The lowest BCUT2D eigenvalue weighted by atomic mass is 10.2. The van der Waals surface area contributed by atoms with Gasteiger partial charge in [-0.3, -0.25) is 5.43 Å². The van der Waals surface area contributed by atoms with Gasteiger partial charge in [-0.1, -0.05) is 6.07 Å². The molecule has 2 rings (SSSR count). The molecule has 90 valence electrons. The second-order valence-electron chi connectivity index (χ2n) is 3.19. The van der Waals surface area contributed by atoms with Gasteiger partial charge in [0.05, 0.1) is 0 Å². The SMILES string of the molecule is N#Cc1c(F)cccc1Oc1ccnc(NN)n1. The predicted molar refractivity (Wildman–Crippen MR) is 61.0 cm³/mol.